The second kappa shape index (κ2) is 7.97. The fourth-order valence-corrected chi connectivity index (χ4v) is 4.34. The Morgan fingerprint density at radius 1 is 1.00 bits per heavy atom. The van der Waals surface area contributed by atoms with Crippen LogP contribution < -0.4 is 5.32 Å². The van der Waals surface area contributed by atoms with E-state index in [-0.39, 0.29) is 0 Å². The third-order valence-corrected chi connectivity index (χ3v) is 6.59. The summed E-state index contributed by atoms with van der Waals surface area (Å²) in [6.07, 6.45) is 12.7. The van der Waals surface area contributed by atoms with Crippen LogP contribution in [0.2, 0.25) is 0 Å². The van der Waals surface area contributed by atoms with E-state index in [0.717, 1.165) is 18.0 Å². The van der Waals surface area contributed by atoms with Gasteiger partial charge in [-0.05, 0) is 56.9 Å². The lowest BCUT2D eigenvalue weighted by Crippen LogP contribution is -2.41. The van der Waals surface area contributed by atoms with E-state index in [1.54, 1.807) is 0 Å². The van der Waals surface area contributed by atoms with Crippen molar-refractivity contribution in [1.29, 1.82) is 0 Å². The van der Waals surface area contributed by atoms with Crippen molar-refractivity contribution < 1.29 is 0 Å². The van der Waals surface area contributed by atoms with Crippen LogP contribution in [0.25, 0.3) is 0 Å². The van der Waals surface area contributed by atoms with E-state index >= 15 is 0 Å². The van der Waals surface area contributed by atoms with Crippen LogP contribution in [-0.2, 0) is 0 Å². The molecule has 2 saturated carbocycles. The second-order valence-electron chi connectivity index (χ2n) is 8.26. The molecule has 1 N–H and O–H groups in total. The largest absolute Gasteiger partial charge is 0.313 e. The maximum atomic E-state index is 3.82. The molecule has 0 spiro atoms. The second-order valence-corrected chi connectivity index (χ2v) is 8.26. The molecule has 0 aliphatic heterocycles. The van der Waals surface area contributed by atoms with Crippen LogP contribution in [0.4, 0.5) is 0 Å². The summed E-state index contributed by atoms with van der Waals surface area (Å²) < 4.78 is 0. The van der Waals surface area contributed by atoms with Crippen LogP contribution in [0, 0.1) is 11.3 Å². The fourth-order valence-electron chi connectivity index (χ4n) is 4.34. The van der Waals surface area contributed by atoms with Crippen molar-refractivity contribution in [2.24, 2.45) is 11.3 Å². The van der Waals surface area contributed by atoms with Crippen molar-refractivity contribution in [2.75, 3.05) is 20.1 Å². The predicted molar refractivity (Wildman–Crippen MR) is 92.7 cm³/mol. The van der Waals surface area contributed by atoms with Crippen molar-refractivity contribution in [3.63, 3.8) is 0 Å². The lowest BCUT2D eigenvalue weighted by atomic mass is 9.69. The molecular weight excluding hydrogens is 256 g/mol. The monoisotopic (exact) mass is 294 g/mol. The van der Waals surface area contributed by atoms with E-state index in [0.29, 0.717) is 5.41 Å². The number of nitrogens with one attached hydrogen (secondary N) is 1. The van der Waals surface area contributed by atoms with Crippen LogP contribution >= 0.6 is 0 Å². The first-order valence-electron chi connectivity index (χ1n) is 9.46. The minimum absolute atomic E-state index is 0.549. The van der Waals surface area contributed by atoms with Gasteiger partial charge in [-0.15, -0.1) is 0 Å². The summed E-state index contributed by atoms with van der Waals surface area (Å²) in [7, 11) is 2.32. The molecule has 0 unspecified atom stereocenters. The van der Waals surface area contributed by atoms with Crippen LogP contribution in [0.1, 0.15) is 78.6 Å². The zero-order chi connectivity index (χ0) is 15.3. The van der Waals surface area contributed by atoms with E-state index in [1.807, 2.05) is 0 Å². The van der Waals surface area contributed by atoms with Gasteiger partial charge < -0.3 is 10.2 Å². The lowest BCUT2D eigenvalue weighted by molar-refractivity contribution is 0.135. The first-order chi connectivity index (χ1) is 10.0. The highest BCUT2D eigenvalue weighted by Gasteiger charge is 2.31. The minimum atomic E-state index is 0.549. The van der Waals surface area contributed by atoms with Crippen LogP contribution in [0.5, 0.6) is 0 Å². The van der Waals surface area contributed by atoms with Gasteiger partial charge in [0, 0.05) is 25.2 Å². The normalized spacial score (nSPS) is 28.4. The Bertz CT molecular complexity index is 286. The molecule has 0 aromatic carbocycles. The molecule has 2 nitrogen and oxygen atoms in total. The number of hydrogen-bond donors (Lipinski definition) is 1. The average molecular weight is 295 g/mol. The summed E-state index contributed by atoms with van der Waals surface area (Å²) in [6.45, 7) is 9.68. The Morgan fingerprint density at radius 3 is 2.19 bits per heavy atom. The molecule has 2 rings (SSSR count). The third kappa shape index (κ3) is 4.96. The molecule has 0 bridgehead atoms. The highest BCUT2D eigenvalue weighted by Crippen LogP contribution is 2.40. The summed E-state index contributed by atoms with van der Waals surface area (Å²) in [6, 6.07) is 1.65. The Kier molecular flexibility index (Phi) is 6.55. The molecule has 2 aliphatic rings. The lowest BCUT2D eigenvalue weighted by Gasteiger charge is -2.39. The zero-order valence-corrected chi connectivity index (χ0v) is 15.0. The molecule has 0 radical (unpaired) electrons. The van der Waals surface area contributed by atoms with Gasteiger partial charge >= 0.3 is 0 Å². The first kappa shape index (κ1) is 17.3. The molecule has 124 valence electrons. The van der Waals surface area contributed by atoms with Crippen LogP contribution in [0.3, 0.4) is 0 Å². The van der Waals surface area contributed by atoms with Gasteiger partial charge in [-0.25, -0.2) is 0 Å². The third-order valence-electron chi connectivity index (χ3n) is 6.59. The van der Waals surface area contributed by atoms with Gasteiger partial charge in [-0.1, -0.05) is 40.0 Å². The van der Waals surface area contributed by atoms with Crippen molar-refractivity contribution in [2.45, 2.75) is 90.6 Å². The van der Waals surface area contributed by atoms with Crippen LogP contribution in [0.15, 0.2) is 0 Å². The van der Waals surface area contributed by atoms with Gasteiger partial charge in [0.2, 0.25) is 0 Å². The van der Waals surface area contributed by atoms with E-state index in [4.69, 9.17) is 0 Å². The van der Waals surface area contributed by atoms with Gasteiger partial charge in [-0.2, -0.15) is 0 Å². The number of likely N-dealkylation sites (N-methyl/N-ethyl adjacent to an activating group) is 1. The summed E-state index contributed by atoms with van der Waals surface area (Å²) in [4.78, 5) is 2.59. The van der Waals surface area contributed by atoms with E-state index < -0.39 is 0 Å². The molecule has 0 amide bonds. The molecular formula is C19H38N2. The van der Waals surface area contributed by atoms with Gasteiger partial charge in [0.05, 0.1) is 0 Å². The highest BCUT2D eigenvalue weighted by atomic mass is 15.1. The first-order valence-corrected chi connectivity index (χ1v) is 9.46. The molecule has 0 saturated heterocycles. The van der Waals surface area contributed by atoms with Crippen molar-refractivity contribution in [3.8, 4) is 0 Å². The molecule has 21 heavy (non-hydrogen) atoms. The van der Waals surface area contributed by atoms with Gasteiger partial charge in [0.15, 0.2) is 0 Å². The molecule has 2 aliphatic carbocycles. The average Bonchev–Trinajstić information content (AvgIpc) is 3.02. The summed E-state index contributed by atoms with van der Waals surface area (Å²) in [5.41, 5.74) is 0.549. The van der Waals surface area contributed by atoms with Gasteiger partial charge in [0.25, 0.3) is 0 Å². The molecule has 0 atom stereocenters. The Hall–Kier alpha value is -0.0800. The van der Waals surface area contributed by atoms with E-state index in [1.165, 1.54) is 70.9 Å². The number of rotatable bonds is 7. The predicted octanol–water partition coefficient (Wildman–Crippen LogP) is 4.45. The number of hydrogen-bond acceptors (Lipinski definition) is 2. The smallest absolute Gasteiger partial charge is 0.0107 e. The van der Waals surface area contributed by atoms with E-state index in [2.05, 4.69) is 38.0 Å². The highest BCUT2D eigenvalue weighted by molar-refractivity contribution is 4.85. The number of nitrogens with zero attached hydrogens (tertiary/aromatic N) is 1. The SMILES string of the molecule is CCC(C)(C)C1CCC(NCCN(C)C2CCCC2)CC1. The van der Waals surface area contributed by atoms with Crippen molar-refractivity contribution >= 4 is 0 Å². The van der Waals surface area contributed by atoms with Gasteiger partial charge in [-0.3, -0.25) is 0 Å². The fraction of sp³-hybridized carbons (Fsp3) is 1.00. The summed E-state index contributed by atoms with van der Waals surface area (Å²) in [5, 5.41) is 3.82. The Labute approximate surface area is 133 Å². The maximum Gasteiger partial charge on any atom is 0.0107 e. The summed E-state index contributed by atoms with van der Waals surface area (Å²) in [5.74, 6) is 0.946. The zero-order valence-electron chi connectivity index (χ0n) is 15.0. The Morgan fingerprint density at radius 2 is 1.62 bits per heavy atom. The van der Waals surface area contributed by atoms with Gasteiger partial charge in [0.1, 0.15) is 0 Å². The standard InChI is InChI=1S/C19H38N2/c1-5-19(2,3)16-10-12-17(13-11-16)20-14-15-21(4)18-8-6-7-9-18/h16-18,20H,5-15H2,1-4H3. The minimum Gasteiger partial charge on any atom is -0.313 e. The Balaban J connectivity index is 1.60. The molecule has 0 aromatic heterocycles. The topological polar surface area (TPSA) is 15.3 Å². The molecule has 0 aromatic rings. The molecule has 2 heteroatoms. The summed E-state index contributed by atoms with van der Waals surface area (Å²) >= 11 is 0. The van der Waals surface area contributed by atoms with Crippen molar-refractivity contribution in [1.82, 2.24) is 10.2 Å². The molecule has 2 fully saturated rings. The van der Waals surface area contributed by atoms with E-state index in [9.17, 15) is 0 Å². The van der Waals surface area contributed by atoms with Crippen molar-refractivity contribution in [3.05, 3.63) is 0 Å². The quantitative estimate of drug-likeness (QED) is 0.746. The van der Waals surface area contributed by atoms with Crippen LogP contribution in [-0.4, -0.2) is 37.1 Å². The molecule has 0 heterocycles. The maximum absolute atomic E-state index is 3.82.